The Morgan fingerprint density at radius 3 is 2.51 bits per heavy atom. The van der Waals surface area contributed by atoms with Gasteiger partial charge in [-0.1, -0.05) is 11.6 Å². The fourth-order valence-corrected chi connectivity index (χ4v) is 3.87. The highest BCUT2D eigenvalue weighted by Gasteiger charge is 2.31. The summed E-state index contributed by atoms with van der Waals surface area (Å²) in [6.07, 6.45) is 4.94. The molecule has 10 nitrogen and oxygen atoms in total. The number of amides is 4. The van der Waals surface area contributed by atoms with Crippen molar-refractivity contribution in [2.24, 2.45) is 0 Å². The number of halogens is 2. The highest BCUT2D eigenvalue weighted by Crippen LogP contribution is 2.37. The summed E-state index contributed by atoms with van der Waals surface area (Å²) in [5.74, 6) is 0.194. The van der Waals surface area contributed by atoms with E-state index < -0.39 is 11.8 Å². The summed E-state index contributed by atoms with van der Waals surface area (Å²) in [7, 11) is 3.37. The third-order valence-electron chi connectivity index (χ3n) is 5.60. The summed E-state index contributed by atoms with van der Waals surface area (Å²) in [6.45, 7) is 6.17. The van der Waals surface area contributed by atoms with Crippen LogP contribution in [0.3, 0.4) is 0 Å². The Labute approximate surface area is 207 Å². The lowest BCUT2D eigenvalue weighted by molar-refractivity contribution is 0.251. The molecule has 0 saturated carbocycles. The Morgan fingerprint density at radius 1 is 1.11 bits per heavy atom. The molecule has 1 aliphatic heterocycles. The SMILES string of the molecule is CNc1cc2c(cn1)CN(c1cc(NC(=O)Nc3cn(C(C)(C)C)cn3)c(F)cc1Cl)C(=O)N2C. The van der Waals surface area contributed by atoms with Crippen LogP contribution in [0, 0.1) is 5.82 Å². The van der Waals surface area contributed by atoms with E-state index in [1.54, 1.807) is 38.9 Å². The number of nitrogens with zero attached hydrogens (tertiary/aromatic N) is 5. The first-order valence-electron chi connectivity index (χ1n) is 10.8. The molecule has 3 N–H and O–H groups in total. The van der Waals surface area contributed by atoms with Gasteiger partial charge in [-0.2, -0.15) is 0 Å². The maximum absolute atomic E-state index is 14.7. The molecule has 3 aromatic rings. The summed E-state index contributed by atoms with van der Waals surface area (Å²) >= 11 is 6.32. The Kier molecular flexibility index (Phi) is 6.28. The van der Waals surface area contributed by atoms with Gasteiger partial charge in [-0.3, -0.25) is 15.1 Å². The van der Waals surface area contributed by atoms with Crippen LogP contribution in [-0.2, 0) is 12.1 Å². The van der Waals surface area contributed by atoms with Gasteiger partial charge in [-0.15, -0.1) is 0 Å². The second-order valence-corrected chi connectivity index (χ2v) is 9.48. The van der Waals surface area contributed by atoms with Crippen LogP contribution in [0.1, 0.15) is 26.3 Å². The normalized spacial score (nSPS) is 13.5. The van der Waals surface area contributed by atoms with Gasteiger partial charge in [0.2, 0.25) is 0 Å². The van der Waals surface area contributed by atoms with Crippen molar-refractivity contribution in [3.05, 3.63) is 53.3 Å². The van der Waals surface area contributed by atoms with Gasteiger partial charge in [0.15, 0.2) is 5.82 Å². The predicted molar refractivity (Wildman–Crippen MR) is 135 cm³/mol. The molecule has 0 fully saturated rings. The van der Waals surface area contributed by atoms with Crippen molar-refractivity contribution in [2.75, 3.05) is 39.8 Å². The first kappa shape index (κ1) is 24.3. The van der Waals surface area contributed by atoms with Crippen LogP contribution in [0.4, 0.5) is 42.7 Å². The van der Waals surface area contributed by atoms with Crippen LogP contribution in [0.2, 0.25) is 5.02 Å². The third-order valence-corrected chi connectivity index (χ3v) is 5.90. The molecule has 0 bridgehead atoms. The van der Waals surface area contributed by atoms with E-state index in [0.717, 1.165) is 11.6 Å². The molecule has 4 amide bonds. The average Bonchev–Trinajstić information content (AvgIpc) is 3.27. The van der Waals surface area contributed by atoms with Crippen molar-refractivity contribution in [3.63, 3.8) is 0 Å². The molecule has 0 atom stereocenters. The van der Waals surface area contributed by atoms with Crippen molar-refractivity contribution in [2.45, 2.75) is 32.9 Å². The molecule has 4 rings (SSSR count). The fraction of sp³-hybridized carbons (Fsp3) is 0.304. The Hall–Kier alpha value is -3.86. The van der Waals surface area contributed by atoms with Gasteiger partial charge in [0, 0.05) is 43.7 Å². The number of nitrogens with one attached hydrogen (secondary N) is 3. The van der Waals surface area contributed by atoms with Gasteiger partial charge >= 0.3 is 12.1 Å². The highest BCUT2D eigenvalue weighted by atomic mass is 35.5. The zero-order chi connectivity index (χ0) is 25.5. The number of hydrogen-bond donors (Lipinski definition) is 3. The van der Waals surface area contributed by atoms with Crippen molar-refractivity contribution in [1.29, 1.82) is 0 Å². The van der Waals surface area contributed by atoms with Gasteiger partial charge in [-0.05, 0) is 32.9 Å². The topological polar surface area (TPSA) is 107 Å². The monoisotopic (exact) mass is 500 g/mol. The maximum Gasteiger partial charge on any atom is 0.329 e. The number of benzene rings is 1. The fourth-order valence-electron chi connectivity index (χ4n) is 3.62. The van der Waals surface area contributed by atoms with Gasteiger partial charge in [0.25, 0.3) is 0 Å². The van der Waals surface area contributed by atoms with E-state index in [1.807, 2.05) is 25.3 Å². The number of urea groups is 2. The molecule has 1 aliphatic rings. The number of rotatable bonds is 4. The summed E-state index contributed by atoms with van der Waals surface area (Å²) in [6, 6.07) is 3.12. The Balaban J connectivity index is 1.57. The number of carbonyl (C=O) groups is 2. The van der Waals surface area contributed by atoms with Crippen LogP contribution >= 0.6 is 11.6 Å². The minimum absolute atomic E-state index is 0.0300. The first-order valence-corrected chi connectivity index (χ1v) is 11.2. The van der Waals surface area contributed by atoms with E-state index in [1.165, 1.54) is 15.9 Å². The molecule has 3 heterocycles. The molecule has 1 aromatic carbocycles. The molecule has 0 spiro atoms. The highest BCUT2D eigenvalue weighted by molar-refractivity contribution is 6.34. The average molecular weight is 501 g/mol. The van der Waals surface area contributed by atoms with Crippen molar-refractivity contribution in [1.82, 2.24) is 14.5 Å². The van der Waals surface area contributed by atoms with E-state index in [4.69, 9.17) is 11.6 Å². The van der Waals surface area contributed by atoms with E-state index in [-0.39, 0.29) is 34.5 Å². The lowest BCUT2D eigenvalue weighted by Crippen LogP contribution is -2.45. The molecular weight excluding hydrogens is 475 g/mol. The lowest BCUT2D eigenvalue weighted by atomic mass is 10.1. The standard InChI is InChI=1S/C23H26ClFN8O2/c1-23(2,3)32-11-20(28-12-32)30-21(34)29-16-7-18(14(24)6-15(16)25)33-10-13-9-27-19(26-4)8-17(13)31(5)22(33)35/h6-9,11-12H,10H2,1-5H3,(H,26,27)(H2,29,30,34). The van der Waals surface area contributed by atoms with Crippen molar-refractivity contribution < 1.29 is 14.0 Å². The number of pyridine rings is 1. The lowest BCUT2D eigenvalue weighted by Gasteiger charge is -2.35. The Bertz CT molecular complexity index is 1300. The predicted octanol–water partition coefficient (Wildman–Crippen LogP) is 5.09. The summed E-state index contributed by atoms with van der Waals surface area (Å²) in [4.78, 5) is 37.0. The molecule has 0 radical (unpaired) electrons. The van der Waals surface area contributed by atoms with E-state index in [9.17, 15) is 14.0 Å². The van der Waals surface area contributed by atoms with Crippen LogP contribution in [-0.4, -0.2) is 40.7 Å². The number of anilines is 5. The van der Waals surface area contributed by atoms with E-state index in [2.05, 4.69) is 25.9 Å². The number of carbonyl (C=O) groups excluding carboxylic acids is 2. The van der Waals surface area contributed by atoms with Gasteiger partial charge in [-0.25, -0.2) is 23.9 Å². The molecule has 0 unspecified atom stereocenters. The van der Waals surface area contributed by atoms with Gasteiger partial charge in [0.05, 0.1) is 35.0 Å². The minimum atomic E-state index is -0.743. The maximum atomic E-state index is 14.7. The summed E-state index contributed by atoms with van der Waals surface area (Å²) in [5.41, 5.74) is 1.39. The molecular formula is C23H26ClFN8O2. The smallest absolute Gasteiger partial charge is 0.329 e. The molecule has 35 heavy (non-hydrogen) atoms. The second-order valence-electron chi connectivity index (χ2n) is 9.08. The zero-order valence-corrected chi connectivity index (χ0v) is 20.7. The zero-order valence-electron chi connectivity index (χ0n) is 20.0. The van der Waals surface area contributed by atoms with Crippen LogP contribution < -0.4 is 25.8 Å². The molecule has 184 valence electrons. The third kappa shape index (κ3) is 4.85. The Morgan fingerprint density at radius 2 is 1.86 bits per heavy atom. The summed E-state index contributed by atoms with van der Waals surface area (Å²) < 4.78 is 16.5. The number of hydrogen-bond acceptors (Lipinski definition) is 5. The largest absolute Gasteiger partial charge is 0.373 e. The van der Waals surface area contributed by atoms with Crippen molar-refractivity contribution in [3.8, 4) is 0 Å². The first-order chi connectivity index (χ1) is 16.5. The van der Waals surface area contributed by atoms with Crippen LogP contribution in [0.5, 0.6) is 0 Å². The molecule has 12 heteroatoms. The quantitative estimate of drug-likeness (QED) is 0.462. The second kappa shape index (κ2) is 9.06. The van der Waals surface area contributed by atoms with Gasteiger partial charge < -0.3 is 15.2 Å². The van der Waals surface area contributed by atoms with Crippen LogP contribution in [0.15, 0.2) is 36.9 Å². The number of fused-ring (bicyclic) bond motifs is 1. The van der Waals surface area contributed by atoms with Crippen molar-refractivity contribution >= 4 is 52.4 Å². The molecule has 0 saturated heterocycles. The van der Waals surface area contributed by atoms with E-state index in [0.29, 0.717) is 17.3 Å². The molecule has 0 aliphatic carbocycles. The van der Waals surface area contributed by atoms with E-state index >= 15 is 0 Å². The number of aromatic nitrogens is 3. The van der Waals surface area contributed by atoms with Gasteiger partial charge in [0.1, 0.15) is 11.6 Å². The van der Waals surface area contributed by atoms with Crippen LogP contribution in [0.25, 0.3) is 0 Å². The minimum Gasteiger partial charge on any atom is -0.373 e. The number of imidazole rings is 1. The molecule has 2 aromatic heterocycles. The summed E-state index contributed by atoms with van der Waals surface area (Å²) in [5, 5.41) is 8.02.